The van der Waals surface area contributed by atoms with Crippen LogP contribution in [-0.4, -0.2) is 9.97 Å². The zero-order chi connectivity index (χ0) is 10.7. The smallest absolute Gasteiger partial charge is 0.143 e. The Balaban J connectivity index is 2.06. The standard InChI is InChI=1S/C10H10IN3O/c1-7-2-3-15-9(7)5-13-10-8(11)4-12-6-14-10/h2-4,6H,5H2,1H3,(H,12,13,14). The van der Waals surface area contributed by atoms with Gasteiger partial charge < -0.3 is 9.73 Å². The molecular formula is C10H10IN3O. The van der Waals surface area contributed by atoms with Crippen molar-refractivity contribution < 1.29 is 4.42 Å². The fourth-order valence-corrected chi connectivity index (χ4v) is 1.68. The second-order valence-electron chi connectivity index (χ2n) is 3.10. The van der Waals surface area contributed by atoms with Crippen LogP contribution in [0.1, 0.15) is 11.3 Å². The monoisotopic (exact) mass is 315 g/mol. The molecule has 2 rings (SSSR count). The minimum Gasteiger partial charge on any atom is -0.467 e. The van der Waals surface area contributed by atoms with E-state index in [4.69, 9.17) is 4.42 Å². The fraction of sp³-hybridized carbons (Fsp3) is 0.200. The third kappa shape index (κ3) is 2.47. The zero-order valence-corrected chi connectivity index (χ0v) is 10.4. The van der Waals surface area contributed by atoms with Gasteiger partial charge in [-0.2, -0.15) is 0 Å². The maximum Gasteiger partial charge on any atom is 0.143 e. The maximum atomic E-state index is 5.32. The van der Waals surface area contributed by atoms with Crippen molar-refractivity contribution in [2.45, 2.75) is 13.5 Å². The number of furan rings is 1. The summed E-state index contributed by atoms with van der Waals surface area (Å²) in [6.07, 6.45) is 4.99. The highest BCUT2D eigenvalue weighted by molar-refractivity contribution is 14.1. The molecule has 15 heavy (non-hydrogen) atoms. The van der Waals surface area contributed by atoms with Gasteiger partial charge in [-0.3, -0.25) is 0 Å². The van der Waals surface area contributed by atoms with E-state index in [0.29, 0.717) is 6.54 Å². The first kappa shape index (κ1) is 10.4. The SMILES string of the molecule is Cc1ccoc1CNc1ncncc1I. The second kappa shape index (κ2) is 4.61. The summed E-state index contributed by atoms with van der Waals surface area (Å²) in [5, 5.41) is 3.20. The highest BCUT2D eigenvalue weighted by Crippen LogP contribution is 2.15. The van der Waals surface area contributed by atoms with Crippen LogP contribution in [0.3, 0.4) is 0 Å². The lowest BCUT2D eigenvalue weighted by molar-refractivity contribution is 0.515. The molecule has 0 amide bonds. The number of rotatable bonds is 3. The molecule has 4 nitrogen and oxygen atoms in total. The molecule has 0 radical (unpaired) electrons. The Labute approximate surface area is 101 Å². The van der Waals surface area contributed by atoms with Gasteiger partial charge >= 0.3 is 0 Å². The first-order valence-electron chi connectivity index (χ1n) is 4.49. The molecule has 5 heteroatoms. The quantitative estimate of drug-likeness (QED) is 0.885. The summed E-state index contributed by atoms with van der Waals surface area (Å²) in [4.78, 5) is 8.06. The average molecular weight is 315 g/mol. The second-order valence-corrected chi connectivity index (χ2v) is 4.26. The Hall–Kier alpha value is -1.11. The van der Waals surface area contributed by atoms with Crippen LogP contribution >= 0.6 is 22.6 Å². The molecule has 2 heterocycles. The molecule has 0 aromatic carbocycles. The molecule has 0 saturated carbocycles. The summed E-state index contributed by atoms with van der Waals surface area (Å²) in [5.74, 6) is 1.77. The number of hydrogen-bond acceptors (Lipinski definition) is 4. The van der Waals surface area contributed by atoms with E-state index in [2.05, 4.69) is 37.9 Å². The van der Waals surface area contributed by atoms with Gasteiger partial charge in [-0.15, -0.1) is 0 Å². The molecule has 78 valence electrons. The number of nitrogens with zero attached hydrogens (tertiary/aromatic N) is 2. The summed E-state index contributed by atoms with van der Waals surface area (Å²) in [6, 6.07) is 1.95. The van der Waals surface area contributed by atoms with Crippen molar-refractivity contribution >= 4 is 28.4 Å². The van der Waals surface area contributed by atoms with Crippen molar-refractivity contribution in [3.8, 4) is 0 Å². The van der Waals surface area contributed by atoms with Gasteiger partial charge in [0.15, 0.2) is 0 Å². The minimum atomic E-state index is 0.645. The lowest BCUT2D eigenvalue weighted by atomic mass is 10.3. The normalized spacial score (nSPS) is 10.3. The summed E-state index contributed by atoms with van der Waals surface area (Å²) >= 11 is 2.19. The Morgan fingerprint density at radius 1 is 1.53 bits per heavy atom. The maximum absolute atomic E-state index is 5.32. The van der Waals surface area contributed by atoms with Gasteiger partial charge in [0.25, 0.3) is 0 Å². The van der Waals surface area contributed by atoms with E-state index in [0.717, 1.165) is 20.7 Å². The van der Waals surface area contributed by atoms with Crippen molar-refractivity contribution in [2.75, 3.05) is 5.32 Å². The van der Waals surface area contributed by atoms with Crippen molar-refractivity contribution in [2.24, 2.45) is 0 Å². The number of nitrogens with one attached hydrogen (secondary N) is 1. The molecule has 2 aromatic rings. The van der Waals surface area contributed by atoms with Gasteiger partial charge in [-0.25, -0.2) is 9.97 Å². The molecular weight excluding hydrogens is 305 g/mol. The summed E-state index contributed by atoms with van der Waals surface area (Å²) in [6.45, 7) is 2.66. The molecule has 2 aromatic heterocycles. The van der Waals surface area contributed by atoms with E-state index in [9.17, 15) is 0 Å². The van der Waals surface area contributed by atoms with Crippen molar-refractivity contribution in [1.82, 2.24) is 9.97 Å². The molecule has 0 atom stereocenters. The van der Waals surface area contributed by atoms with Gasteiger partial charge in [0.05, 0.1) is 16.4 Å². The number of halogens is 1. The van der Waals surface area contributed by atoms with Crippen molar-refractivity contribution in [3.05, 3.63) is 39.7 Å². The molecule has 0 spiro atoms. The molecule has 0 aliphatic carbocycles. The zero-order valence-electron chi connectivity index (χ0n) is 8.20. The first-order chi connectivity index (χ1) is 7.27. The first-order valence-corrected chi connectivity index (χ1v) is 5.57. The highest BCUT2D eigenvalue weighted by Gasteiger charge is 2.04. The Kier molecular flexibility index (Phi) is 3.20. The van der Waals surface area contributed by atoms with Gasteiger partial charge in [0, 0.05) is 6.20 Å². The third-order valence-corrected chi connectivity index (χ3v) is 2.84. The largest absolute Gasteiger partial charge is 0.467 e. The van der Waals surface area contributed by atoms with Crippen LogP contribution in [0.5, 0.6) is 0 Å². The molecule has 0 aliphatic rings. The fourth-order valence-electron chi connectivity index (χ4n) is 1.19. The average Bonchev–Trinajstić information content (AvgIpc) is 2.63. The van der Waals surface area contributed by atoms with Gasteiger partial charge in [-0.05, 0) is 41.1 Å². The van der Waals surface area contributed by atoms with Crippen LogP contribution in [0.4, 0.5) is 5.82 Å². The van der Waals surface area contributed by atoms with Gasteiger partial charge in [-0.1, -0.05) is 0 Å². The minimum absolute atomic E-state index is 0.645. The summed E-state index contributed by atoms with van der Waals surface area (Å²) in [7, 11) is 0. The highest BCUT2D eigenvalue weighted by atomic mass is 127. The predicted octanol–water partition coefficient (Wildman–Crippen LogP) is 2.59. The van der Waals surface area contributed by atoms with E-state index in [1.165, 1.54) is 6.33 Å². The number of aryl methyl sites for hydroxylation is 1. The summed E-state index contributed by atoms with van der Waals surface area (Å²) in [5.41, 5.74) is 1.14. The van der Waals surface area contributed by atoms with Crippen LogP contribution in [-0.2, 0) is 6.54 Å². The summed E-state index contributed by atoms with van der Waals surface area (Å²) < 4.78 is 6.32. The van der Waals surface area contributed by atoms with Crippen molar-refractivity contribution in [3.63, 3.8) is 0 Å². The number of aromatic nitrogens is 2. The molecule has 0 unspecified atom stereocenters. The van der Waals surface area contributed by atoms with Crippen LogP contribution in [0.15, 0.2) is 29.3 Å². The third-order valence-electron chi connectivity index (χ3n) is 2.05. The molecule has 0 bridgehead atoms. The van der Waals surface area contributed by atoms with Gasteiger partial charge in [0.1, 0.15) is 17.9 Å². The van der Waals surface area contributed by atoms with Gasteiger partial charge in [0.2, 0.25) is 0 Å². The van der Waals surface area contributed by atoms with E-state index in [-0.39, 0.29) is 0 Å². The van der Waals surface area contributed by atoms with Crippen LogP contribution in [0.2, 0.25) is 0 Å². The number of hydrogen-bond donors (Lipinski definition) is 1. The Morgan fingerprint density at radius 3 is 3.07 bits per heavy atom. The Bertz CT molecular complexity index is 455. The van der Waals surface area contributed by atoms with E-state index >= 15 is 0 Å². The lowest BCUT2D eigenvalue weighted by Gasteiger charge is -2.05. The molecule has 0 saturated heterocycles. The van der Waals surface area contributed by atoms with Crippen LogP contribution in [0, 0.1) is 10.5 Å². The van der Waals surface area contributed by atoms with E-state index < -0.39 is 0 Å². The van der Waals surface area contributed by atoms with Crippen molar-refractivity contribution in [1.29, 1.82) is 0 Å². The molecule has 0 fully saturated rings. The Morgan fingerprint density at radius 2 is 2.40 bits per heavy atom. The molecule has 1 N–H and O–H groups in total. The van der Waals surface area contributed by atoms with E-state index in [1.54, 1.807) is 12.5 Å². The topological polar surface area (TPSA) is 51.0 Å². The van der Waals surface area contributed by atoms with Crippen LogP contribution < -0.4 is 5.32 Å². The lowest BCUT2D eigenvalue weighted by Crippen LogP contribution is -2.03. The van der Waals surface area contributed by atoms with E-state index in [1.807, 2.05) is 13.0 Å². The molecule has 0 aliphatic heterocycles. The predicted molar refractivity (Wildman–Crippen MR) is 65.5 cm³/mol. The number of anilines is 1. The van der Waals surface area contributed by atoms with Crippen LogP contribution in [0.25, 0.3) is 0 Å².